The molecule has 0 aromatic heterocycles. The second kappa shape index (κ2) is 11.8. The predicted molar refractivity (Wildman–Crippen MR) is 126 cm³/mol. The van der Waals surface area contributed by atoms with Crippen LogP contribution in [0.2, 0.25) is 0 Å². The third-order valence-electron chi connectivity index (χ3n) is 4.65. The van der Waals surface area contributed by atoms with Gasteiger partial charge in [0.2, 0.25) is 0 Å². The Hall–Kier alpha value is 1.76. The third kappa shape index (κ3) is 12.3. The summed E-state index contributed by atoms with van der Waals surface area (Å²) in [6.45, 7) is 31.7. The molecule has 5 heteroatoms. The van der Waals surface area contributed by atoms with Gasteiger partial charge >= 0.3 is 27.5 Å². The first-order valence-electron chi connectivity index (χ1n) is 9.73. The predicted octanol–water partition coefficient (Wildman–Crippen LogP) is 7.76. The normalized spacial score (nSPS) is 14.1. The van der Waals surface area contributed by atoms with E-state index in [4.69, 9.17) is 0 Å². The Morgan fingerprint density at radius 1 is 0.577 bits per heavy atom. The maximum atomic E-state index is 4.64. The van der Waals surface area contributed by atoms with Crippen LogP contribution in [0.4, 0.5) is 0 Å². The van der Waals surface area contributed by atoms with Crippen LogP contribution in [0, 0.1) is 0 Å². The van der Waals surface area contributed by atoms with Gasteiger partial charge in [0.1, 0.15) is 0 Å². The van der Waals surface area contributed by atoms with Crippen LogP contribution in [0.5, 0.6) is 0 Å². The Kier molecular flexibility index (Phi) is 13.6. The SMILES string of the molecule is CN(CCP(C(C)(C)C)C(C)(C)C)CCP(C(C)(C)C)C(C)(C)C.[Cl][Ir]. The second-order valence-corrected chi connectivity index (χ2v) is 19.3. The van der Waals surface area contributed by atoms with Gasteiger partial charge < -0.3 is 4.90 Å². The Bertz CT molecular complexity index is 311. The van der Waals surface area contributed by atoms with E-state index in [0.29, 0.717) is 20.6 Å². The van der Waals surface area contributed by atoms with E-state index in [1.165, 1.54) is 43.3 Å². The van der Waals surface area contributed by atoms with Crippen LogP contribution < -0.4 is 0 Å². The Morgan fingerprint density at radius 3 is 0.923 bits per heavy atom. The van der Waals surface area contributed by atoms with E-state index in [9.17, 15) is 0 Å². The second-order valence-electron chi connectivity index (χ2n) is 11.3. The first-order valence-corrected chi connectivity index (χ1v) is 15.8. The number of rotatable bonds is 6. The fraction of sp³-hybridized carbons (Fsp3) is 1.00. The summed E-state index contributed by atoms with van der Waals surface area (Å²) in [5.74, 6) is 0. The van der Waals surface area contributed by atoms with E-state index in [1.54, 1.807) is 0 Å². The first kappa shape index (κ1) is 30.0. The molecule has 0 aliphatic rings. The zero-order valence-corrected chi connectivity index (χ0v) is 24.8. The van der Waals surface area contributed by atoms with Crippen LogP contribution in [0.1, 0.15) is 83.1 Å². The molecule has 0 spiro atoms. The minimum atomic E-state index is 0.0172. The molecular formula is C21H47ClIrNP2. The van der Waals surface area contributed by atoms with Crippen molar-refractivity contribution >= 4 is 25.4 Å². The van der Waals surface area contributed by atoms with Crippen molar-refractivity contribution in [3.63, 3.8) is 0 Å². The molecule has 0 amide bonds. The van der Waals surface area contributed by atoms with Gasteiger partial charge in [-0.1, -0.05) is 98.9 Å². The zero-order valence-electron chi connectivity index (χ0n) is 19.9. The van der Waals surface area contributed by atoms with Crippen LogP contribution in [0.15, 0.2) is 0 Å². The average Bonchev–Trinajstić information content (AvgIpc) is 2.34. The van der Waals surface area contributed by atoms with E-state index >= 15 is 0 Å². The molecule has 1 nitrogen and oxygen atoms in total. The summed E-state index contributed by atoms with van der Waals surface area (Å²) in [5.41, 5.74) is 0. The standard InChI is InChI=1S/C21H47NP2.ClH.Ir/c1-18(2,3)23(19(4,5)6)16-14-22(13)15-17-24(20(7,8)9)21(10,11)12;;/h14-17H2,1-13H3;1H;/q;;+1/p-1. The van der Waals surface area contributed by atoms with Crippen molar-refractivity contribution in [1.29, 1.82) is 0 Å². The van der Waals surface area contributed by atoms with Gasteiger partial charge in [-0.2, -0.15) is 0 Å². The molecule has 0 aromatic carbocycles. The summed E-state index contributed by atoms with van der Waals surface area (Å²) in [5, 5.41) is 1.77. The first-order chi connectivity index (χ1) is 11.4. The monoisotopic (exact) mass is 603 g/mol. The average molecular weight is 603 g/mol. The van der Waals surface area contributed by atoms with Crippen LogP contribution in [-0.2, 0) is 17.9 Å². The fourth-order valence-electron chi connectivity index (χ4n) is 4.01. The summed E-state index contributed by atoms with van der Waals surface area (Å²) < 4.78 is 0. The van der Waals surface area contributed by atoms with E-state index in [0.717, 1.165) is 0 Å². The summed E-state index contributed by atoms with van der Waals surface area (Å²) in [4.78, 5) is 2.60. The Balaban J connectivity index is 0. The molecule has 0 atom stereocenters. The Labute approximate surface area is 183 Å². The van der Waals surface area contributed by atoms with Crippen molar-refractivity contribution in [2.45, 2.75) is 104 Å². The van der Waals surface area contributed by atoms with Gasteiger partial charge in [0.25, 0.3) is 0 Å². The molecule has 0 N–H and O–H groups in total. The van der Waals surface area contributed by atoms with Crippen LogP contribution >= 0.6 is 25.4 Å². The molecule has 0 aromatic rings. The van der Waals surface area contributed by atoms with Crippen molar-refractivity contribution in [3.05, 3.63) is 0 Å². The van der Waals surface area contributed by atoms with Crippen molar-refractivity contribution in [3.8, 4) is 0 Å². The minimum absolute atomic E-state index is 0.0172. The van der Waals surface area contributed by atoms with Gasteiger partial charge in [-0.3, -0.25) is 0 Å². The van der Waals surface area contributed by atoms with Gasteiger partial charge in [0.05, 0.1) is 0 Å². The summed E-state index contributed by atoms with van der Waals surface area (Å²) >= 11 is 1.47. The number of hydrogen-bond acceptors (Lipinski definition) is 1. The van der Waals surface area contributed by atoms with Gasteiger partial charge in [-0.15, -0.1) is 0 Å². The third-order valence-corrected chi connectivity index (χ3v) is 12.4. The summed E-state index contributed by atoms with van der Waals surface area (Å²) in [6.07, 6.45) is 2.73. The molecule has 0 heterocycles. The zero-order chi connectivity index (χ0) is 21.6. The number of nitrogens with zero attached hydrogens (tertiary/aromatic N) is 1. The molecule has 0 aliphatic heterocycles. The van der Waals surface area contributed by atoms with E-state index in [1.807, 2.05) is 0 Å². The number of halogens is 1. The summed E-state index contributed by atoms with van der Waals surface area (Å²) in [6, 6.07) is 0. The molecule has 0 radical (unpaired) electrons. The Morgan fingerprint density at radius 2 is 0.769 bits per heavy atom. The van der Waals surface area contributed by atoms with Crippen molar-refractivity contribution < 1.29 is 17.9 Å². The molecule has 26 heavy (non-hydrogen) atoms. The van der Waals surface area contributed by atoms with Crippen molar-refractivity contribution in [2.75, 3.05) is 32.5 Å². The van der Waals surface area contributed by atoms with Crippen LogP contribution in [0.3, 0.4) is 0 Å². The molecule has 0 aliphatic carbocycles. The fourth-order valence-corrected chi connectivity index (χ4v) is 11.8. The molecule has 0 saturated carbocycles. The van der Waals surface area contributed by atoms with Crippen LogP contribution in [0.25, 0.3) is 0 Å². The molecular weight excluding hydrogens is 556 g/mol. The number of hydrogen-bond donors (Lipinski definition) is 0. The van der Waals surface area contributed by atoms with Gasteiger partial charge in [-0.05, 0) is 40.0 Å². The van der Waals surface area contributed by atoms with Crippen LogP contribution in [-0.4, -0.2) is 58.0 Å². The van der Waals surface area contributed by atoms with E-state index in [2.05, 4.69) is 105 Å². The van der Waals surface area contributed by atoms with Gasteiger partial charge in [-0.25, -0.2) is 0 Å². The van der Waals surface area contributed by atoms with Crippen molar-refractivity contribution in [2.24, 2.45) is 0 Å². The van der Waals surface area contributed by atoms with E-state index in [-0.39, 0.29) is 15.8 Å². The molecule has 0 saturated heterocycles. The molecule has 0 bridgehead atoms. The molecule has 0 rings (SSSR count). The summed E-state index contributed by atoms with van der Waals surface area (Å²) in [7, 11) is 7.00. The van der Waals surface area contributed by atoms with Gasteiger partial charge in [0.15, 0.2) is 0 Å². The topological polar surface area (TPSA) is 3.24 Å². The molecule has 162 valence electrons. The van der Waals surface area contributed by atoms with Gasteiger partial charge in [0, 0.05) is 13.1 Å². The molecule has 0 fully saturated rings. The quantitative estimate of drug-likeness (QED) is 0.281. The van der Waals surface area contributed by atoms with Crippen molar-refractivity contribution in [1.82, 2.24) is 4.90 Å². The molecule has 0 unspecified atom stereocenters. The maximum absolute atomic E-state index is 4.64. The van der Waals surface area contributed by atoms with E-state index < -0.39 is 0 Å².